The van der Waals surface area contributed by atoms with Gasteiger partial charge in [0.1, 0.15) is 0 Å². The fourth-order valence-electron chi connectivity index (χ4n) is 1.01. The maximum Gasteiger partial charge on any atom is 0.230 e. The second-order valence-electron chi connectivity index (χ2n) is 3.06. The van der Waals surface area contributed by atoms with Crippen molar-refractivity contribution < 1.29 is 10.2 Å². The standard InChI is InChI=1S/C7H18N4O2/c1-7(2)10(11(13)9-12)6-4-5-8-3/h7-8,12H,4-6H2,1-3H3/b11-9-. The predicted octanol–water partition coefficient (Wildman–Crippen LogP) is 0.573. The Morgan fingerprint density at radius 3 is 2.62 bits per heavy atom. The highest BCUT2D eigenvalue weighted by atomic mass is 16.6. The maximum atomic E-state index is 11.0. The molecule has 0 unspecified atom stereocenters. The molecule has 0 aromatic heterocycles. The molecule has 0 bridgehead atoms. The van der Waals surface area contributed by atoms with Crippen LogP contribution in [0.4, 0.5) is 0 Å². The van der Waals surface area contributed by atoms with Crippen LogP contribution in [0.1, 0.15) is 20.3 Å². The molecule has 0 rings (SSSR count). The molecular weight excluding hydrogens is 172 g/mol. The summed E-state index contributed by atoms with van der Waals surface area (Å²) in [6, 6.07) is 0.0326. The molecule has 2 N–H and O–H groups in total. The first kappa shape index (κ1) is 12.0. The Labute approximate surface area is 78.4 Å². The monoisotopic (exact) mass is 190 g/mol. The van der Waals surface area contributed by atoms with Gasteiger partial charge >= 0.3 is 0 Å². The molecule has 0 aliphatic heterocycles. The van der Waals surface area contributed by atoms with Gasteiger partial charge in [0.15, 0.2) is 0 Å². The molecule has 0 aliphatic rings. The topological polar surface area (TPSA) is 73.9 Å². The molecule has 0 aliphatic carbocycles. The van der Waals surface area contributed by atoms with E-state index in [9.17, 15) is 5.21 Å². The minimum atomic E-state index is 0.0326. The van der Waals surface area contributed by atoms with Crippen molar-refractivity contribution in [1.82, 2.24) is 10.3 Å². The molecule has 0 atom stereocenters. The summed E-state index contributed by atoms with van der Waals surface area (Å²) >= 11 is 0. The first-order valence-electron chi connectivity index (χ1n) is 4.37. The van der Waals surface area contributed by atoms with Crippen LogP contribution in [-0.2, 0) is 0 Å². The van der Waals surface area contributed by atoms with E-state index < -0.39 is 0 Å². The maximum absolute atomic E-state index is 11.0. The highest BCUT2D eigenvalue weighted by Gasteiger charge is 2.15. The summed E-state index contributed by atoms with van der Waals surface area (Å²) in [4.78, 5) is 0.223. The van der Waals surface area contributed by atoms with Crippen molar-refractivity contribution >= 4 is 0 Å². The molecular formula is C7H18N4O2. The Morgan fingerprint density at radius 1 is 1.62 bits per heavy atom. The highest BCUT2D eigenvalue weighted by molar-refractivity contribution is 4.52. The van der Waals surface area contributed by atoms with Gasteiger partial charge in [0.25, 0.3) is 0 Å². The highest BCUT2D eigenvalue weighted by Crippen LogP contribution is 1.99. The minimum absolute atomic E-state index is 0.0326. The summed E-state index contributed by atoms with van der Waals surface area (Å²) in [6.07, 6.45) is 0.836. The van der Waals surface area contributed by atoms with Gasteiger partial charge in [0, 0.05) is 0 Å². The Balaban J connectivity index is 3.96. The minimum Gasteiger partial charge on any atom is -0.569 e. The lowest BCUT2D eigenvalue weighted by atomic mass is 10.3. The van der Waals surface area contributed by atoms with E-state index in [1.54, 1.807) is 0 Å². The van der Waals surface area contributed by atoms with Crippen LogP contribution in [0.5, 0.6) is 0 Å². The van der Waals surface area contributed by atoms with Gasteiger partial charge in [-0.05, 0) is 33.9 Å². The summed E-state index contributed by atoms with van der Waals surface area (Å²) in [7, 11) is 1.85. The molecule has 0 aromatic rings. The van der Waals surface area contributed by atoms with Crippen molar-refractivity contribution in [2.75, 3.05) is 20.1 Å². The van der Waals surface area contributed by atoms with E-state index in [2.05, 4.69) is 10.6 Å². The Morgan fingerprint density at radius 2 is 2.23 bits per heavy atom. The van der Waals surface area contributed by atoms with Gasteiger partial charge in [-0.1, -0.05) is 0 Å². The molecule has 78 valence electrons. The smallest absolute Gasteiger partial charge is 0.230 e. The largest absolute Gasteiger partial charge is 0.569 e. The SMILES string of the molecule is CNCCCN(C(C)C)/[N+]([O-])=N/O. The molecule has 13 heavy (non-hydrogen) atoms. The second-order valence-corrected chi connectivity index (χ2v) is 3.06. The van der Waals surface area contributed by atoms with E-state index in [4.69, 9.17) is 5.21 Å². The van der Waals surface area contributed by atoms with Gasteiger partial charge in [0.2, 0.25) is 5.28 Å². The fraction of sp³-hybridized carbons (Fsp3) is 1.00. The molecule has 0 radical (unpaired) electrons. The lowest BCUT2D eigenvalue weighted by Gasteiger charge is -2.20. The van der Waals surface area contributed by atoms with Crippen molar-refractivity contribution in [3.8, 4) is 0 Å². The van der Waals surface area contributed by atoms with Gasteiger partial charge in [-0.3, -0.25) is 0 Å². The van der Waals surface area contributed by atoms with E-state index in [0.717, 1.165) is 13.0 Å². The summed E-state index contributed by atoms with van der Waals surface area (Å²) in [5.41, 5.74) is 0. The van der Waals surface area contributed by atoms with Gasteiger partial charge in [-0.2, -0.15) is 0 Å². The van der Waals surface area contributed by atoms with Crippen LogP contribution in [0, 0.1) is 5.21 Å². The summed E-state index contributed by atoms with van der Waals surface area (Å²) in [5.74, 6) is 0. The zero-order valence-corrected chi connectivity index (χ0v) is 8.40. The van der Waals surface area contributed by atoms with Crippen LogP contribution in [0.3, 0.4) is 0 Å². The molecule has 0 fully saturated rings. The molecule has 0 heterocycles. The van der Waals surface area contributed by atoms with Crippen molar-refractivity contribution in [1.29, 1.82) is 0 Å². The number of hydrogen-bond acceptors (Lipinski definition) is 3. The van der Waals surface area contributed by atoms with E-state index in [0.29, 0.717) is 6.54 Å². The van der Waals surface area contributed by atoms with Crippen LogP contribution in [0.15, 0.2) is 5.28 Å². The Bertz CT molecular complexity index is 161. The molecule has 6 heteroatoms. The Hall–Kier alpha value is -1.04. The summed E-state index contributed by atoms with van der Waals surface area (Å²) < 4.78 is 0. The number of hydrogen-bond donors (Lipinski definition) is 2. The van der Waals surface area contributed by atoms with E-state index >= 15 is 0 Å². The number of nitrogens with one attached hydrogen (secondary N) is 1. The molecule has 0 amide bonds. The number of hydrazine groups is 1. The van der Waals surface area contributed by atoms with E-state index in [1.807, 2.05) is 20.9 Å². The van der Waals surface area contributed by atoms with Crippen LogP contribution < -0.4 is 5.32 Å². The number of rotatable bonds is 6. The van der Waals surface area contributed by atoms with Gasteiger partial charge in [-0.25, -0.2) is 0 Å². The average Bonchev–Trinajstić information content (AvgIpc) is 2.11. The van der Waals surface area contributed by atoms with Crippen LogP contribution >= 0.6 is 0 Å². The average molecular weight is 190 g/mol. The summed E-state index contributed by atoms with van der Waals surface area (Å²) in [6.45, 7) is 5.15. The van der Waals surface area contributed by atoms with Crippen molar-refractivity contribution in [2.45, 2.75) is 26.3 Å². The zero-order valence-electron chi connectivity index (χ0n) is 8.40. The molecule has 0 spiro atoms. The first-order valence-corrected chi connectivity index (χ1v) is 4.37. The molecule has 0 aromatic carbocycles. The zero-order chi connectivity index (χ0) is 10.3. The molecule has 0 saturated heterocycles. The first-order chi connectivity index (χ1) is 6.13. The second kappa shape index (κ2) is 6.47. The number of nitrogens with zero attached hydrogens (tertiary/aromatic N) is 3. The van der Waals surface area contributed by atoms with E-state index in [1.165, 1.54) is 5.01 Å². The van der Waals surface area contributed by atoms with Crippen molar-refractivity contribution in [2.24, 2.45) is 5.28 Å². The van der Waals surface area contributed by atoms with Crippen LogP contribution in [0.2, 0.25) is 0 Å². The molecule has 6 nitrogen and oxygen atoms in total. The van der Waals surface area contributed by atoms with Crippen LogP contribution in [-0.4, -0.2) is 41.4 Å². The third-order valence-corrected chi connectivity index (χ3v) is 1.71. The summed E-state index contributed by atoms with van der Waals surface area (Å²) in [5, 5.41) is 26.2. The third kappa shape index (κ3) is 4.51. The Kier molecular flexibility index (Phi) is 5.96. The molecule has 0 saturated carbocycles. The van der Waals surface area contributed by atoms with Crippen molar-refractivity contribution in [3.63, 3.8) is 0 Å². The van der Waals surface area contributed by atoms with Crippen LogP contribution in [0.25, 0.3) is 0 Å². The predicted molar refractivity (Wildman–Crippen MR) is 48.2 cm³/mol. The van der Waals surface area contributed by atoms with Gasteiger partial charge in [0.05, 0.1) is 17.6 Å². The van der Waals surface area contributed by atoms with E-state index in [-0.39, 0.29) is 11.0 Å². The fourth-order valence-corrected chi connectivity index (χ4v) is 1.01. The third-order valence-electron chi connectivity index (χ3n) is 1.71. The van der Waals surface area contributed by atoms with Gasteiger partial charge in [-0.15, -0.1) is 5.01 Å². The van der Waals surface area contributed by atoms with Gasteiger partial charge < -0.3 is 15.7 Å². The quantitative estimate of drug-likeness (QED) is 0.278. The normalized spacial score (nSPS) is 12.2. The van der Waals surface area contributed by atoms with Crippen molar-refractivity contribution in [3.05, 3.63) is 5.21 Å². The lowest BCUT2D eigenvalue weighted by molar-refractivity contribution is -0.716. The lowest BCUT2D eigenvalue weighted by Crippen LogP contribution is -2.38.